The van der Waals surface area contributed by atoms with E-state index < -0.39 is 0 Å². The maximum absolute atomic E-state index is 6.15. The highest BCUT2D eigenvalue weighted by Gasteiger charge is 2.07. The van der Waals surface area contributed by atoms with Gasteiger partial charge >= 0.3 is 0 Å². The van der Waals surface area contributed by atoms with Crippen molar-refractivity contribution in [2.24, 2.45) is 0 Å². The smallest absolute Gasteiger partial charge is 0.130 e. The van der Waals surface area contributed by atoms with E-state index in [1.165, 1.54) is 5.56 Å². The normalized spacial score (nSPS) is 10.8. The van der Waals surface area contributed by atoms with Crippen molar-refractivity contribution < 1.29 is 4.74 Å². The molecular weight excluding hydrogens is 295 g/mol. The number of hydrogen-bond acceptors (Lipinski definition) is 3. The van der Waals surface area contributed by atoms with Gasteiger partial charge in [-0.15, -0.1) is 0 Å². The molecule has 0 fully saturated rings. The molecule has 0 bridgehead atoms. The summed E-state index contributed by atoms with van der Waals surface area (Å²) in [4.78, 5) is 6.23. The lowest BCUT2D eigenvalue weighted by atomic mass is 10.2. The molecule has 0 aliphatic carbocycles. The molecule has 5 heteroatoms. The van der Waals surface area contributed by atoms with Gasteiger partial charge in [0.2, 0.25) is 0 Å². The molecule has 2 rings (SSSR count). The quantitative estimate of drug-likeness (QED) is 0.780. The van der Waals surface area contributed by atoms with E-state index in [4.69, 9.17) is 27.9 Å². The summed E-state index contributed by atoms with van der Waals surface area (Å²) in [6.45, 7) is 1.54. The average molecular weight is 311 g/mol. The van der Waals surface area contributed by atoms with Crippen molar-refractivity contribution in [2.45, 2.75) is 13.1 Å². The van der Waals surface area contributed by atoms with Gasteiger partial charge in [0.25, 0.3) is 0 Å². The Labute approximate surface area is 129 Å². The van der Waals surface area contributed by atoms with E-state index in [9.17, 15) is 0 Å². The number of halogens is 2. The lowest BCUT2D eigenvalue weighted by molar-refractivity contribution is 0.318. The maximum atomic E-state index is 6.15. The molecule has 0 saturated carbocycles. The molecular formula is C15H16Cl2N2O. The van der Waals surface area contributed by atoms with Gasteiger partial charge < -0.3 is 4.74 Å². The zero-order chi connectivity index (χ0) is 14.5. The third-order valence-electron chi connectivity index (χ3n) is 2.95. The van der Waals surface area contributed by atoms with Crippen LogP contribution < -0.4 is 4.74 Å². The first-order valence-electron chi connectivity index (χ1n) is 6.20. The lowest BCUT2D eigenvalue weighted by Crippen LogP contribution is -2.17. The first-order valence-corrected chi connectivity index (χ1v) is 6.95. The fraction of sp³-hybridized carbons (Fsp3) is 0.267. The summed E-state index contributed by atoms with van der Waals surface area (Å²) in [7, 11) is 3.70. The minimum Gasteiger partial charge on any atom is -0.497 e. The van der Waals surface area contributed by atoms with Crippen molar-refractivity contribution >= 4 is 23.2 Å². The van der Waals surface area contributed by atoms with Gasteiger partial charge in [-0.2, -0.15) is 0 Å². The highest BCUT2D eigenvalue weighted by atomic mass is 35.5. The molecule has 0 unspecified atom stereocenters. The summed E-state index contributed by atoms with van der Waals surface area (Å²) in [5.41, 5.74) is 2.18. The van der Waals surface area contributed by atoms with Crippen LogP contribution in [0.4, 0.5) is 0 Å². The minimum absolute atomic E-state index is 0.413. The van der Waals surface area contributed by atoms with Crippen LogP contribution >= 0.6 is 23.2 Å². The molecule has 3 nitrogen and oxygen atoms in total. The first-order chi connectivity index (χ1) is 9.58. The van der Waals surface area contributed by atoms with E-state index in [0.29, 0.717) is 10.2 Å². The largest absolute Gasteiger partial charge is 0.497 e. The van der Waals surface area contributed by atoms with Crippen LogP contribution in [0.25, 0.3) is 0 Å². The van der Waals surface area contributed by atoms with Crippen molar-refractivity contribution in [2.75, 3.05) is 14.2 Å². The second-order valence-corrected chi connectivity index (χ2v) is 5.41. The molecule has 106 valence electrons. The van der Waals surface area contributed by atoms with E-state index in [-0.39, 0.29) is 0 Å². The van der Waals surface area contributed by atoms with E-state index in [0.717, 1.165) is 24.4 Å². The SMILES string of the molecule is COc1ccc(CN(C)Cc2cnc(Cl)cc2Cl)cc1. The van der Waals surface area contributed by atoms with Crippen LogP contribution in [0.15, 0.2) is 36.5 Å². The van der Waals surface area contributed by atoms with Crippen molar-refractivity contribution in [3.8, 4) is 5.75 Å². The van der Waals surface area contributed by atoms with Crippen LogP contribution in [0.3, 0.4) is 0 Å². The van der Waals surface area contributed by atoms with E-state index in [1.54, 1.807) is 19.4 Å². The van der Waals surface area contributed by atoms with E-state index in [2.05, 4.69) is 22.0 Å². The Bertz CT molecular complexity index is 573. The molecule has 0 saturated heterocycles. The third kappa shape index (κ3) is 4.10. The number of aromatic nitrogens is 1. The van der Waals surface area contributed by atoms with Crippen molar-refractivity contribution in [1.29, 1.82) is 0 Å². The minimum atomic E-state index is 0.413. The van der Waals surface area contributed by atoms with Crippen LogP contribution in [-0.2, 0) is 13.1 Å². The van der Waals surface area contributed by atoms with Gasteiger partial charge in [0, 0.05) is 29.9 Å². The van der Waals surface area contributed by atoms with Crippen molar-refractivity contribution in [3.63, 3.8) is 0 Å². The van der Waals surface area contributed by atoms with Gasteiger partial charge in [0.05, 0.1) is 7.11 Å². The van der Waals surface area contributed by atoms with Gasteiger partial charge in [-0.25, -0.2) is 4.98 Å². The number of pyridine rings is 1. The van der Waals surface area contributed by atoms with E-state index in [1.807, 2.05) is 19.2 Å². The number of ether oxygens (including phenoxy) is 1. The number of hydrogen-bond donors (Lipinski definition) is 0. The molecule has 0 amide bonds. The summed E-state index contributed by atoms with van der Waals surface area (Å²) < 4.78 is 5.14. The molecule has 2 aromatic rings. The standard InChI is InChI=1S/C15H16Cl2N2O/c1-19(9-11-3-5-13(20-2)6-4-11)10-12-8-18-15(17)7-14(12)16/h3-8H,9-10H2,1-2H3. The molecule has 0 aliphatic rings. The number of nitrogens with zero attached hydrogens (tertiary/aromatic N) is 2. The Kier molecular flexibility index (Phi) is 5.24. The molecule has 0 N–H and O–H groups in total. The van der Waals surface area contributed by atoms with E-state index >= 15 is 0 Å². The molecule has 0 spiro atoms. The fourth-order valence-corrected chi connectivity index (χ4v) is 2.37. The number of methoxy groups -OCH3 is 1. The zero-order valence-corrected chi connectivity index (χ0v) is 12.9. The zero-order valence-electron chi connectivity index (χ0n) is 11.4. The summed E-state index contributed by atoms with van der Waals surface area (Å²) in [6.07, 6.45) is 1.72. The monoisotopic (exact) mass is 310 g/mol. The molecule has 0 radical (unpaired) electrons. The molecule has 1 aromatic heterocycles. The van der Waals surface area contributed by atoms with Gasteiger partial charge in [-0.1, -0.05) is 35.3 Å². The van der Waals surface area contributed by atoms with Crippen molar-refractivity contribution in [3.05, 3.63) is 57.8 Å². The Morgan fingerprint density at radius 2 is 1.85 bits per heavy atom. The third-order valence-corrected chi connectivity index (χ3v) is 3.51. The van der Waals surface area contributed by atoms with Crippen LogP contribution in [0.2, 0.25) is 10.2 Å². The van der Waals surface area contributed by atoms with Crippen molar-refractivity contribution in [1.82, 2.24) is 9.88 Å². The van der Waals surface area contributed by atoms with Gasteiger partial charge in [-0.3, -0.25) is 4.90 Å². The molecule has 0 atom stereocenters. The maximum Gasteiger partial charge on any atom is 0.130 e. The van der Waals surface area contributed by atoms with Crippen LogP contribution in [0, 0.1) is 0 Å². The topological polar surface area (TPSA) is 25.4 Å². The predicted molar refractivity (Wildman–Crippen MR) is 82.4 cm³/mol. The summed E-state index contributed by atoms with van der Waals surface area (Å²) in [6, 6.07) is 9.69. The molecule has 1 heterocycles. The Balaban J connectivity index is 1.99. The molecule has 1 aromatic carbocycles. The highest BCUT2D eigenvalue weighted by Crippen LogP contribution is 2.20. The number of rotatable bonds is 5. The lowest BCUT2D eigenvalue weighted by Gasteiger charge is -2.17. The van der Waals surface area contributed by atoms with Gasteiger partial charge in [0.1, 0.15) is 10.9 Å². The summed E-state index contributed by atoms with van der Waals surface area (Å²) >= 11 is 11.9. The number of benzene rings is 1. The Morgan fingerprint density at radius 1 is 1.15 bits per heavy atom. The molecule has 20 heavy (non-hydrogen) atoms. The highest BCUT2D eigenvalue weighted by molar-refractivity contribution is 6.34. The summed E-state index contributed by atoms with van der Waals surface area (Å²) in [5, 5.41) is 1.06. The van der Waals surface area contributed by atoms with Gasteiger partial charge in [-0.05, 0) is 30.8 Å². The fourth-order valence-electron chi connectivity index (χ4n) is 1.94. The predicted octanol–water partition coefficient (Wildman–Crippen LogP) is 4.03. The van der Waals surface area contributed by atoms with Gasteiger partial charge in [0.15, 0.2) is 0 Å². The Morgan fingerprint density at radius 3 is 2.45 bits per heavy atom. The van der Waals surface area contributed by atoms with Crippen LogP contribution in [-0.4, -0.2) is 24.0 Å². The average Bonchev–Trinajstić information content (AvgIpc) is 2.43. The molecule has 0 aliphatic heterocycles. The summed E-state index contributed by atoms with van der Waals surface area (Å²) in [5.74, 6) is 0.862. The second kappa shape index (κ2) is 6.93. The Hall–Kier alpha value is -1.29. The van der Waals surface area contributed by atoms with Crippen LogP contribution in [0.5, 0.6) is 5.75 Å². The first kappa shape index (κ1) is 15.1. The second-order valence-electron chi connectivity index (χ2n) is 4.62. The van der Waals surface area contributed by atoms with Crippen LogP contribution in [0.1, 0.15) is 11.1 Å².